The van der Waals surface area contributed by atoms with Crippen LogP contribution in [0.5, 0.6) is 5.88 Å². The van der Waals surface area contributed by atoms with Gasteiger partial charge < -0.3 is 9.64 Å². The summed E-state index contributed by atoms with van der Waals surface area (Å²) in [5.41, 5.74) is 3.16. The third kappa shape index (κ3) is 4.30. The van der Waals surface area contributed by atoms with Crippen LogP contribution in [-0.4, -0.2) is 48.0 Å². The Morgan fingerprint density at radius 3 is 2.40 bits per heavy atom. The molecular weight excluding hydrogens is 404 g/mol. The fourth-order valence-corrected chi connectivity index (χ4v) is 4.06. The molecule has 0 atom stereocenters. The molecule has 2 heterocycles. The molecule has 0 bridgehead atoms. The van der Waals surface area contributed by atoms with E-state index in [0.717, 1.165) is 22.9 Å². The Labute approximate surface area is 176 Å². The number of carbonyl (C=O) groups excluding carboxylic acids is 1. The van der Waals surface area contributed by atoms with Crippen LogP contribution in [0.25, 0.3) is 11.0 Å². The quantitative estimate of drug-likeness (QED) is 0.597. The van der Waals surface area contributed by atoms with E-state index in [0.29, 0.717) is 17.2 Å². The molecule has 1 aromatic carbocycles. The fourth-order valence-electron chi connectivity index (χ4n) is 3.43. The molecule has 30 heavy (non-hydrogen) atoms. The molecule has 0 N–H and O–H groups in total. The average Bonchev–Trinajstić information content (AvgIpc) is 2.95. The van der Waals surface area contributed by atoms with E-state index in [1.807, 2.05) is 33.8 Å². The Balaban J connectivity index is 1.84. The van der Waals surface area contributed by atoms with Crippen molar-refractivity contribution in [3.63, 3.8) is 0 Å². The zero-order valence-corrected chi connectivity index (χ0v) is 18.8. The van der Waals surface area contributed by atoms with Crippen LogP contribution in [0.1, 0.15) is 25.1 Å². The zero-order chi connectivity index (χ0) is 22.2. The minimum absolute atomic E-state index is 0.142. The Kier molecular flexibility index (Phi) is 5.85. The standard InChI is InChI=1S/C21H26N4O4S/c1-13(2)25(16-7-9-17(10-8-16)30(6,27)28)18(26)12-29-21-19-14(3)11-15(4)22-20(19)24(5)23-21/h7-11,13H,12H2,1-6H3. The highest BCUT2D eigenvalue weighted by Gasteiger charge is 2.22. The van der Waals surface area contributed by atoms with Gasteiger partial charge in [0.05, 0.1) is 10.3 Å². The molecule has 0 saturated heterocycles. The van der Waals surface area contributed by atoms with Crippen LogP contribution in [0.4, 0.5) is 5.69 Å². The van der Waals surface area contributed by atoms with Gasteiger partial charge in [0.2, 0.25) is 5.88 Å². The largest absolute Gasteiger partial charge is 0.466 e. The van der Waals surface area contributed by atoms with Crippen molar-refractivity contribution in [3.05, 3.63) is 41.6 Å². The fraction of sp³-hybridized carbons (Fsp3) is 0.381. The van der Waals surface area contributed by atoms with Gasteiger partial charge >= 0.3 is 0 Å². The van der Waals surface area contributed by atoms with Gasteiger partial charge in [-0.05, 0) is 63.6 Å². The molecule has 0 saturated carbocycles. The Hall–Kier alpha value is -2.94. The summed E-state index contributed by atoms with van der Waals surface area (Å²) in [5, 5.41) is 5.16. The van der Waals surface area contributed by atoms with E-state index in [9.17, 15) is 13.2 Å². The van der Waals surface area contributed by atoms with Crippen molar-refractivity contribution in [2.75, 3.05) is 17.8 Å². The van der Waals surface area contributed by atoms with Gasteiger partial charge in [-0.1, -0.05) is 0 Å². The molecule has 160 valence electrons. The molecular formula is C21H26N4O4S. The van der Waals surface area contributed by atoms with E-state index in [4.69, 9.17) is 4.74 Å². The first-order valence-electron chi connectivity index (χ1n) is 9.55. The van der Waals surface area contributed by atoms with Crippen molar-refractivity contribution in [1.29, 1.82) is 0 Å². The molecule has 0 spiro atoms. The molecule has 8 nitrogen and oxygen atoms in total. The summed E-state index contributed by atoms with van der Waals surface area (Å²) in [4.78, 5) is 19.2. The van der Waals surface area contributed by atoms with Crippen LogP contribution in [0, 0.1) is 13.8 Å². The van der Waals surface area contributed by atoms with Crippen LogP contribution in [0.2, 0.25) is 0 Å². The van der Waals surface area contributed by atoms with Gasteiger partial charge in [-0.15, -0.1) is 5.10 Å². The van der Waals surface area contributed by atoms with E-state index in [1.54, 1.807) is 28.8 Å². The topological polar surface area (TPSA) is 94.4 Å². The summed E-state index contributed by atoms with van der Waals surface area (Å²) in [5.74, 6) is 0.107. The number of ether oxygens (including phenoxy) is 1. The number of amides is 1. The maximum Gasteiger partial charge on any atom is 0.265 e. The minimum Gasteiger partial charge on any atom is -0.466 e. The van der Waals surface area contributed by atoms with Gasteiger partial charge in [0.15, 0.2) is 22.1 Å². The second-order valence-electron chi connectivity index (χ2n) is 7.62. The van der Waals surface area contributed by atoms with Crippen molar-refractivity contribution in [2.24, 2.45) is 7.05 Å². The van der Waals surface area contributed by atoms with E-state index in [1.165, 1.54) is 12.1 Å². The molecule has 3 aromatic rings. The lowest BCUT2D eigenvalue weighted by molar-refractivity contribution is -0.121. The molecule has 3 rings (SSSR count). The number of pyridine rings is 1. The lowest BCUT2D eigenvalue weighted by Crippen LogP contribution is -2.40. The van der Waals surface area contributed by atoms with Crippen molar-refractivity contribution in [2.45, 2.75) is 38.6 Å². The zero-order valence-electron chi connectivity index (χ0n) is 18.0. The van der Waals surface area contributed by atoms with Gasteiger partial charge in [0.1, 0.15) is 0 Å². The minimum atomic E-state index is -3.30. The van der Waals surface area contributed by atoms with Crippen LogP contribution in [0.3, 0.4) is 0 Å². The monoisotopic (exact) mass is 430 g/mol. The second-order valence-corrected chi connectivity index (χ2v) is 9.64. The summed E-state index contributed by atoms with van der Waals surface area (Å²) < 4.78 is 30.8. The number of anilines is 1. The molecule has 1 amide bonds. The molecule has 0 aliphatic rings. The van der Waals surface area contributed by atoms with Crippen LogP contribution in [0.15, 0.2) is 35.2 Å². The van der Waals surface area contributed by atoms with E-state index in [-0.39, 0.29) is 23.5 Å². The molecule has 0 fully saturated rings. The summed E-state index contributed by atoms with van der Waals surface area (Å²) in [7, 11) is -1.52. The first-order valence-corrected chi connectivity index (χ1v) is 11.4. The maximum atomic E-state index is 13.0. The molecule has 0 aliphatic carbocycles. The van der Waals surface area contributed by atoms with Gasteiger partial charge in [-0.3, -0.25) is 4.79 Å². The molecule has 0 radical (unpaired) electrons. The van der Waals surface area contributed by atoms with Gasteiger partial charge in [0, 0.05) is 30.7 Å². The molecule has 9 heteroatoms. The smallest absolute Gasteiger partial charge is 0.265 e. The summed E-state index contributed by atoms with van der Waals surface area (Å²) in [6, 6.07) is 8.05. The Morgan fingerprint density at radius 1 is 1.20 bits per heavy atom. The first kappa shape index (κ1) is 21.8. The van der Waals surface area contributed by atoms with Crippen molar-refractivity contribution < 1.29 is 17.9 Å². The highest BCUT2D eigenvalue weighted by atomic mass is 32.2. The van der Waals surface area contributed by atoms with Crippen molar-refractivity contribution >= 4 is 32.5 Å². The van der Waals surface area contributed by atoms with Crippen molar-refractivity contribution in [3.8, 4) is 5.88 Å². The predicted octanol–water partition coefficient (Wildman–Crippen LogP) is 2.81. The van der Waals surface area contributed by atoms with Crippen LogP contribution in [-0.2, 0) is 21.7 Å². The van der Waals surface area contributed by atoms with Crippen LogP contribution >= 0.6 is 0 Å². The highest BCUT2D eigenvalue weighted by molar-refractivity contribution is 7.90. The SMILES string of the molecule is Cc1cc(C)c2c(OCC(=O)N(c3ccc(S(C)(=O)=O)cc3)C(C)C)nn(C)c2n1. The maximum absolute atomic E-state index is 13.0. The summed E-state index contributed by atoms with van der Waals surface area (Å²) in [6.45, 7) is 7.44. The Bertz CT molecular complexity index is 1200. The lowest BCUT2D eigenvalue weighted by Gasteiger charge is -2.27. The lowest BCUT2D eigenvalue weighted by atomic mass is 10.2. The summed E-state index contributed by atoms with van der Waals surface area (Å²) >= 11 is 0. The number of hydrogen-bond acceptors (Lipinski definition) is 6. The van der Waals surface area contributed by atoms with Gasteiger partial charge in [-0.2, -0.15) is 0 Å². The number of nitrogens with zero attached hydrogens (tertiary/aromatic N) is 4. The third-order valence-corrected chi connectivity index (χ3v) is 5.88. The molecule has 0 unspecified atom stereocenters. The number of aromatic nitrogens is 3. The van der Waals surface area contributed by atoms with E-state index >= 15 is 0 Å². The second kappa shape index (κ2) is 8.06. The van der Waals surface area contributed by atoms with Crippen molar-refractivity contribution in [1.82, 2.24) is 14.8 Å². The predicted molar refractivity (Wildman–Crippen MR) is 116 cm³/mol. The number of benzene rings is 1. The number of rotatable bonds is 6. The van der Waals surface area contributed by atoms with Gasteiger partial charge in [0.25, 0.3) is 5.91 Å². The first-order chi connectivity index (χ1) is 14.0. The van der Waals surface area contributed by atoms with Crippen LogP contribution < -0.4 is 9.64 Å². The average molecular weight is 431 g/mol. The molecule has 0 aliphatic heterocycles. The Morgan fingerprint density at radius 2 is 1.83 bits per heavy atom. The third-order valence-electron chi connectivity index (χ3n) is 4.75. The normalized spacial score (nSPS) is 11.8. The molecule has 2 aromatic heterocycles. The number of aryl methyl sites for hydroxylation is 3. The summed E-state index contributed by atoms with van der Waals surface area (Å²) in [6.07, 6.45) is 1.15. The highest BCUT2D eigenvalue weighted by Crippen LogP contribution is 2.27. The number of sulfone groups is 1. The number of fused-ring (bicyclic) bond motifs is 1. The number of carbonyl (C=O) groups is 1. The number of hydrogen-bond donors (Lipinski definition) is 0. The van der Waals surface area contributed by atoms with E-state index in [2.05, 4.69) is 10.1 Å². The van der Waals surface area contributed by atoms with Gasteiger partial charge in [-0.25, -0.2) is 18.1 Å². The van der Waals surface area contributed by atoms with E-state index < -0.39 is 9.84 Å².